The average Bonchev–Trinajstić information content (AvgIpc) is 3.53. The third-order valence-corrected chi connectivity index (χ3v) is 7.26. The number of aryl methyl sites for hydroxylation is 1. The quantitative estimate of drug-likeness (QED) is 0.310. The Balaban J connectivity index is 1.33. The van der Waals surface area contributed by atoms with Crippen molar-refractivity contribution in [3.05, 3.63) is 59.8 Å². The van der Waals surface area contributed by atoms with Gasteiger partial charge in [-0.15, -0.1) is 0 Å². The highest BCUT2D eigenvalue weighted by molar-refractivity contribution is 6.36. The number of fused-ring (bicyclic) bond motifs is 2. The summed E-state index contributed by atoms with van der Waals surface area (Å²) in [4.78, 5) is 17.1. The molecule has 1 fully saturated rings. The van der Waals surface area contributed by atoms with Gasteiger partial charge < -0.3 is 20.1 Å². The predicted molar refractivity (Wildman–Crippen MR) is 138 cm³/mol. The normalized spacial score (nSPS) is 15.5. The van der Waals surface area contributed by atoms with Gasteiger partial charge in [-0.25, -0.2) is 9.97 Å². The Morgan fingerprint density at radius 1 is 1.11 bits per heavy atom. The number of ether oxygens (including phenoxy) is 1. The second-order valence-electron chi connectivity index (χ2n) is 9.23. The lowest BCUT2D eigenvalue weighted by atomic mass is 9.85. The number of hydrogen-bond donors (Lipinski definition) is 3. The van der Waals surface area contributed by atoms with Gasteiger partial charge in [0.1, 0.15) is 27.9 Å². The van der Waals surface area contributed by atoms with Gasteiger partial charge in [0.05, 0.1) is 40.2 Å². The monoisotopic (exact) mass is 503 g/mol. The van der Waals surface area contributed by atoms with Gasteiger partial charge in [0.15, 0.2) is 0 Å². The van der Waals surface area contributed by atoms with Crippen LogP contribution < -0.4 is 10.1 Å². The summed E-state index contributed by atoms with van der Waals surface area (Å²) in [6, 6.07) is 9.32. The Bertz CT molecular complexity index is 1550. The molecular weight excluding hydrogens is 478 g/mol. The number of nitrogens with one attached hydrogen (secondary N) is 2. The fraction of sp³-hybridized carbons (Fsp3) is 0.308. The smallest absolute Gasteiger partial charge is 0.148 e. The van der Waals surface area contributed by atoms with Gasteiger partial charge in [-0.1, -0.05) is 11.6 Å². The molecule has 3 N–H and O–H groups in total. The fourth-order valence-electron chi connectivity index (χ4n) is 4.96. The first-order chi connectivity index (χ1) is 17.5. The maximum absolute atomic E-state index is 9.69. The third kappa shape index (κ3) is 4.09. The van der Waals surface area contributed by atoms with Crippen LogP contribution in [-0.4, -0.2) is 54.5 Å². The highest BCUT2D eigenvalue weighted by Crippen LogP contribution is 2.36. The standard InChI is InChI=1S/C26H26ClN7O2/c1-16-31-19-3-2-18(12-21(19)32-16)36-23-5-4-20-25(24(23)27)33-22(14-29-20)17-13-30-34(15-17)26(8-11-35)6-9-28-10-7-26/h2-5,12-15,28,35H,6-11H2,1H3,(H,31,32). The van der Waals surface area contributed by atoms with Gasteiger partial charge in [-0.2, -0.15) is 5.10 Å². The molecule has 6 rings (SSSR count). The molecule has 0 spiro atoms. The van der Waals surface area contributed by atoms with E-state index in [0.29, 0.717) is 39.7 Å². The molecule has 9 nitrogen and oxygen atoms in total. The molecule has 0 amide bonds. The summed E-state index contributed by atoms with van der Waals surface area (Å²) in [5, 5.41) is 18.1. The van der Waals surface area contributed by atoms with Gasteiger partial charge in [0, 0.05) is 24.4 Å². The molecule has 5 aromatic rings. The van der Waals surface area contributed by atoms with E-state index in [0.717, 1.165) is 48.4 Å². The van der Waals surface area contributed by atoms with Crippen LogP contribution in [0, 0.1) is 6.92 Å². The maximum Gasteiger partial charge on any atom is 0.148 e. The number of halogens is 1. The number of hydrogen-bond acceptors (Lipinski definition) is 7. The number of rotatable bonds is 6. The Morgan fingerprint density at radius 3 is 2.78 bits per heavy atom. The van der Waals surface area contributed by atoms with E-state index in [1.54, 1.807) is 18.5 Å². The predicted octanol–water partition coefficient (Wildman–Crippen LogP) is 4.58. The molecule has 0 saturated carbocycles. The minimum atomic E-state index is -0.199. The van der Waals surface area contributed by atoms with Crippen LogP contribution in [0.15, 0.2) is 48.9 Å². The zero-order chi connectivity index (χ0) is 24.7. The van der Waals surface area contributed by atoms with Crippen LogP contribution in [-0.2, 0) is 5.54 Å². The number of aliphatic hydroxyl groups is 1. The minimum absolute atomic E-state index is 0.121. The number of piperidine rings is 1. The summed E-state index contributed by atoms with van der Waals surface area (Å²) in [5.41, 5.74) is 4.34. The molecule has 0 unspecified atom stereocenters. The van der Waals surface area contributed by atoms with Gasteiger partial charge >= 0.3 is 0 Å². The fourth-order valence-corrected chi connectivity index (χ4v) is 5.20. The first-order valence-corrected chi connectivity index (χ1v) is 12.4. The maximum atomic E-state index is 9.69. The van der Waals surface area contributed by atoms with E-state index in [2.05, 4.69) is 25.4 Å². The van der Waals surface area contributed by atoms with E-state index in [9.17, 15) is 5.11 Å². The molecule has 36 heavy (non-hydrogen) atoms. The minimum Gasteiger partial charge on any atom is -0.456 e. The molecule has 4 heterocycles. The van der Waals surface area contributed by atoms with E-state index >= 15 is 0 Å². The number of aromatic amines is 1. The van der Waals surface area contributed by atoms with Crippen LogP contribution in [0.4, 0.5) is 0 Å². The average molecular weight is 504 g/mol. The molecule has 10 heteroatoms. The van der Waals surface area contributed by atoms with Crippen molar-refractivity contribution >= 4 is 33.7 Å². The van der Waals surface area contributed by atoms with Crippen LogP contribution in [0.2, 0.25) is 5.02 Å². The first kappa shape index (κ1) is 22.9. The molecule has 2 aromatic carbocycles. The largest absolute Gasteiger partial charge is 0.456 e. The third-order valence-electron chi connectivity index (χ3n) is 6.89. The summed E-state index contributed by atoms with van der Waals surface area (Å²) >= 11 is 6.76. The van der Waals surface area contributed by atoms with Gasteiger partial charge in [0.2, 0.25) is 0 Å². The second-order valence-corrected chi connectivity index (χ2v) is 9.60. The molecule has 0 aliphatic carbocycles. The summed E-state index contributed by atoms with van der Waals surface area (Å²) in [6.45, 7) is 3.84. The van der Waals surface area contributed by atoms with Crippen molar-refractivity contribution in [1.82, 2.24) is 35.0 Å². The molecule has 3 aromatic heterocycles. The Kier molecular flexibility index (Phi) is 5.83. The van der Waals surface area contributed by atoms with E-state index in [-0.39, 0.29) is 12.1 Å². The van der Waals surface area contributed by atoms with Crippen molar-refractivity contribution < 1.29 is 9.84 Å². The Hall–Kier alpha value is -3.53. The van der Waals surface area contributed by atoms with Crippen LogP contribution in [0.5, 0.6) is 11.5 Å². The van der Waals surface area contributed by atoms with Crippen molar-refractivity contribution in [2.45, 2.75) is 31.7 Å². The van der Waals surface area contributed by atoms with E-state index in [1.165, 1.54) is 0 Å². The number of H-pyrrole nitrogens is 1. The van der Waals surface area contributed by atoms with Crippen molar-refractivity contribution in [2.24, 2.45) is 0 Å². The van der Waals surface area contributed by atoms with E-state index in [4.69, 9.17) is 21.3 Å². The van der Waals surface area contributed by atoms with Crippen LogP contribution in [0.1, 0.15) is 25.1 Å². The van der Waals surface area contributed by atoms with E-state index < -0.39 is 0 Å². The molecule has 0 radical (unpaired) electrons. The second kappa shape index (κ2) is 9.16. The van der Waals surface area contributed by atoms with Gasteiger partial charge in [-0.3, -0.25) is 9.67 Å². The van der Waals surface area contributed by atoms with Crippen molar-refractivity contribution in [1.29, 1.82) is 0 Å². The highest BCUT2D eigenvalue weighted by atomic mass is 35.5. The lowest BCUT2D eigenvalue weighted by Crippen LogP contribution is -2.45. The molecule has 184 valence electrons. The Labute approximate surface area is 212 Å². The molecule has 1 aliphatic heterocycles. The van der Waals surface area contributed by atoms with Crippen LogP contribution in [0.25, 0.3) is 33.3 Å². The van der Waals surface area contributed by atoms with Crippen LogP contribution >= 0.6 is 11.6 Å². The SMILES string of the molecule is Cc1nc2ccc(Oc3ccc4ncc(-c5cnn(C6(CCO)CCNCC6)c5)nc4c3Cl)cc2[nH]1. The number of nitrogens with zero attached hydrogens (tertiary/aromatic N) is 5. The first-order valence-electron chi connectivity index (χ1n) is 12.0. The summed E-state index contributed by atoms with van der Waals surface area (Å²) < 4.78 is 8.10. The van der Waals surface area contributed by atoms with Crippen molar-refractivity contribution in [3.8, 4) is 22.8 Å². The summed E-state index contributed by atoms with van der Waals surface area (Å²) in [7, 11) is 0. The number of benzene rings is 2. The van der Waals surface area contributed by atoms with Gasteiger partial charge in [-0.05, 0) is 63.5 Å². The van der Waals surface area contributed by atoms with Crippen molar-refractivity contribution in [3.63, 3.8) is 0 Å². The lowest BCUT2D eigenvalue weighted by Gasteiger charge is -2.37. The number of aromatic nitrogens is 6. The van der Waals surface area contributed by atoms with Crippen LogP contribution in [0.3, 0.4) is 0 Å². The van der Waals surface area contributed by atoms with E-state index in [1.807, 2.05) is 42.1 Å². The van der Waals surface area contributed by atoms with Gasteiger partial charge in [0.25, 0.3) is 0 Å². The lowest BCUT2D eigenvalue weighted by molar-refractivity contribution is 0.129. The molecule has 1 aliphatic rings. The summed E-state index contributed by atoms with van der Waals surface area (Å²) in [6.07, 6.45) is 8.01. The number of imidazole rings is 1. The zero-order valence-corrected chi connectivity index (χ0v) is 20.6. The summed E-state index contributed by atoms with van der Waals surface area (Å²) in [5.74, 6) is 1.99. The van der Waals surface area contributed by atoms with Crippen molar-refractivity contribution in [2.75, 3.05) is 19.7 Å². The molecule has 1 saturated heterocycles. The Morgan fingerprint density at radius 2 is 1.94 bits per heavy atom. The molecule has 0 bridgehead atoms. The zero-order valence-electron chi connectivity index (χ0n) is 19.8. The topological polar surface area (TPSA) is 114 Å². The number of aliphatic hydroxyl groups excluding tert-OH is 1. The highest BCUT2D eigenvalue weighted by Gasteiger charge is 2.34. The molecular formula is C26H26ClN7O2. The molecule has 0 atom stereocenters.